The van der Waals surface area contributed by atoms with E-state index >= 15 is 0 Å². The highest BCUT2D eigenvalue weighted by molar-refractivity contribution is 6.03. The SMILES string of the molecule is COCCN(CC(=O)N1N=C(c2ccc(F)cc2)C[C@@H]1c1ccc(OC)cc1)C(=O)C1CCCC1. The summed E-state index contributed by atoms with van der Waals surface area (Å²) in [5.74, 6) is 0.110. The van der Waals surface area contributed by atoms with E-state index < -0.39 is 0 Å². The molecule has 8 heteroatoms. The van der Waals surface area contributed by atoms with Gasteiger partial charge in [0, 0.05) is 26.0 Å². The fourth-order valence-electron chi connectivity index (χ4n) is 4.78. The summed E-state index contributed by atoms with van der Waals surface area (Å²) in [6, 6.07) is 13.3. The zero-order valence-electron chi connectivity index (χ0n) is 20.3. The number of methoxy groups -OCH3 is 2. The van der Waals surface area contributed by atoms with Crippen molar-refractivity contribution in [3.05, 3.63) is 65.5 Å². The number of halogens is 1. The second-order valence-electron chi connectivity index (χ2n) is 9.02. The Kier molecular flexibility index (Phi) is 8.13. The molecule has 2 aromatic carbocycles. The third-order valence-electron chi connectivity index (χ3n) is 6.75. The van der Waals surface area contributed by atoms with E-state index in [0.29, 0.717) is 25.3 Å². The van der Waals surface area contributed by atoms with E-state index in [1.54, 1.807) is 31.3 Å². The van der Waals surface area contributed by atoms with Crippen LogP contribution in [-0.2, 0) is 14.3 Å². The van der Waals surface area contributed by atoms with Gasteiger partial charge in [-0.05, 0) is 48.2 Å². The Balaban J connectivity index is 1.59. The maximum Gasteiger partial charge on any atom is 0.262 e. The van der Waals surface area contributed by atoms with Gasteiger partial charge in [-0.25, -0.2) is 9.40 Å². The Morgan fingerprint density at radius 1 is 1.06 bits per heavy atom. The third-order valence-corrected chi connectivity index (χ3v) is 6.75. The Hall–Kier alpha value is -3.26. The molecule has 0 N–H and O–H groups in total. The van der Waals surface area contributed by atoms with Gasteiger partial charge in [-0.1, -0.05) is 37.1 Å². The largest absolute Gasteiger partial charge is 0.497 e. The minimum atomic E-state index is -0.334. The molecule has 0 bridgehead atoms. The van der Waals surface area contributed by atoms with Gasteiger partial charge in [-0.2, -0.15) is 5.10 Å². The maximum absolute atomic E-state index is 13.6. The van der Waals surface area contributed by atoms with E-state index in [1.165, 1.54) is 17.1 Å². The van der Waals surface area contributed by atoms with Crippen LogP contribution in [0.25, 0.3) is 0 Å². The molecule has 1 fully saturated rings. The Bertz CT molecular complexity index is 1050. The Labute approximate surface area is 205 Å². The number of hydrogen-bond donors (Lipinski definition) is 0. The molecule has 2 aromatic rings. The zero-order chi connectivity index (χ0) is 24.8. The highest BCUT2D eigenvalue weighted by Crippen LogP contribution is 2.34. The lowest BCUT2D eigenvalue weighted by Crippen LogP contribution is -2.44. The quantitative estimate of drug-likeness (QED) is 0.539. The van der Waals surface area contributed by atoms with E-state index in [4.69, 9.17) is 9.47 Å². The number of carbonyl (C=O) groups is 2. The van der Waals surface area contributed by atoms with E-state index in [0.717, 1.165) is 42.6 Å². The van der Waals surface area contributed by atoms with Crippen molar-refractivity contribution in [1.29, 1.82) is 0 Å². The fraction of sp³-hybridized carbons (Fsp3) is 0.444. The highest BCUT2D eigenvalue weighted by atomic mass is 19.1. The van der Waals surface area contributed by atoms with Crippen molar-refractivity contribution in [3.63, 3.8) is 0 Å². The van der Waals surface area contributed by atoms with Crippen LogP contribution in [0.4, 0.5) is 4.39 Å². The zero-order valence-corrected chi connectivity index (χ0v) is 20.3. The van der Waals surface area contributed by atoms with E-state index in [1.807, 2.05) is 24.3 Å². The van der Waals surface area contributed by atoms with Crippen LogP contribution in [0.15, 0.2) is 53.6 Å². The maximum atomic E-state index is 13.6. The standard InChI is InChI=1S/C27H32FN3O4/c1-34-16-15-30(27(33)21-5-3-4-6-21)18-26(32)31-25(20-9-13-23(35-2)14-10-20)17-24(29-31)19-7-11-22(28)12-8-19/h7-14,21,25H,3-6,15-18H2,1-2H3/t25-/m1/s1. The van der Waals surface area contributed by atoms with Crippen LogP contribution in [-0.4, -0.2) is 61.4 Å². The predicted molar refractivity (Wildman–Crippen MR) is 131 cm³/mol. The van der Waals surface area contributed by atoms with Crippen LogP contribution in [0.1, 0.15) is 49.3 Å². The summed E-state index contributed by atoms with van der Waals surface area (Å²) in [4.78, 5) is 28.3. The van der Waals surface area contributed by atoms with Gasteiger partial charge in [0.05, 0.1) is 25.5 Å². The lowest BCUT2D eigenvalue weighted by Gasteiger charge is -2.28. The molecule has 0 saturated heterocycles. The van der Waals surface area contributed by atoms with Gasteiger partial charge < -0.3 is 14.4 Å². The molecule has 0 unspecified atom stereocenters. The topological polar surface area (TPSA) is 71.4 Å². The summed E-state index contributed by atoms with van der Waals surface area (Å²) < 4.78 is 23.9. The Morgan fingerprint density at radius 3 is 2.37 bits per heavy atom. The number of ether oxygens (including phenoxy) is 2. The minimum absolute atomic E-state index is 0.0100. The second-order valence-corrected chi connectivity index (χ2v) is 9.02. The minimum Gasteiger partial charge on any atom is -0.497 e. The van der Waals surface area contributed by atoms with Gasteiger partial charge >= 0.3 is 0 Å². The molecule has 0 aromatic heterocycles. The summed E-state index contributed by atoms with van der Waals surface area (Å²) in [6.07, 6.45) is 4.29. The lowest BCUT2D eigenvalue weighted by molar-refractivity contribution is -0.144. The van der Waals surface area contributed by atoms with E-state index in [2.05, 4.69) is 5.10 Å². The third kappa shape index (κ3) is 5.88. The number of amides is 2. The molecule has 1 heterocycles. The first-order valence-electron chi connectivity index (χ1n) is 12.1. The van der Waals surface area contributed by atoms with Crippen molar-refractivity contribution in [2.75, 3.05) is 33.9 Å². The second kappa shape index (κ2) is 11.4. The van der Waals surface area contributed by atoms with Gasteiger partial charge in [0.25, 0.3) is 5.91 Å². The first kappa shape index (κ1) is 24.9. The molecule has 186 valence electrons. The normalized spacial score (nSPS) is 18.0. The molecule has 0 spiro atoms. The molecule has 4 rings (SSSR count). The van der Waals surface area contributed by atoms with Crippen molar-refractivity contribution < 1.29 is 23.5 Å². The summed E-state index contributed by atoms with van der Waals surface area (Å²) in [5, 5.41) is 6.13. The molecule has 1 atom stereocenters. The van der Waals surface area contributed by atoms with Crippen LogP contribution >= 0.6 is 0 Å². The predicted octanol–water partition coefficient (Wildman–Crippen LogP) is 4.18. The number of hydrazone groups is 1. The van der Waals surface area contributed by atoms with Crippen molar-refractivity contribution in [3.8, 4) is 5.75 Å². The summed E-state index contributed by atoms with van der Waals surface area (Å²) >= 11 is 0. The van der Waals surface area contributed by atoms with Crippen LogP contribution in [0.5, 0.6) is 5.75 Å². The molecule has 2 aliphatic rings. The molecule has 1 aliphatic heterocycles. The van der Waals surface area contributed by atoms with E-state index in [-0.39, 0.29) is 36.1 Å². The van der Waals surface area contributed by atoms with Crippen molar-refractivity contribution in [1.82, 2.24) is 9.91 Å². The number of carbonyl (C=O) groups excluding carboxylic acids is 2. The number of rotatable bonds is 9. The molecule has 1 aliphatic carbocycles. The monoisotopic (exact) mass is 481 g/mol. The molecule has 35 heavy (non-hydrogen) atoms. The molecular formula is C27H32FN3O4. The van der Waals surface area contributed by atoms with Crippen LogP contribution in [0, 0.1) is 11.7 Å². The molecule has 7 nitrogen and oxygen atoms in total. The van der Waals surface area contributed by atoms with Gasteiger partial charge in [-0.3, -0.25) is 9.59 Å². The summed E-state index contributed by atoms with van der Waals surface area (Å²) in [7, 11) is 3.19. The van der Waals surface area contributed by atoms with Gasteiger partial charge in [0.1, 0.15) is 18.1 Å². The average Bonchev–Trinajstić information content (AvgIpc) is 3.57. The first-order valence-corrected chi connectivity index (χ1v) is 12.1. The van der Waals surface area contributed by atoms with Crippen LogP contribution in [0.2, 0.25) is 0 Å². The van der Waals surface area contributed by atoms with Gasteiger partial charge in [0.2, 0.25) is 5.91 Å². The number of nitrogens with zero attached hydrogens (tertiary/aromatic N) is 3. The Morgan fingerprint density at radius 2 is 1.74 bits per heavy atom. The fourth-order valence-corrected chi connectivity index (χ4v) is 4.78. The van der Waals surface area contributed by atoms with Crippen LogP contribution < -0.4 is 4.74 Å². The molecule has 2 amide bonds. The number of hydrogen-bond acceptors (Lipinski definition) is 5. The van der Waals surface area contributed by atoms with Crippen molar-refractivity contribution >= 4 is 17.5 Å². The van der Waals surface area contributed by atoms with Gasteiger partial charge in [0.15, 0.2) is 0 Å². The number of benzene rings is 2. The molecule has 1 saturated carbocycles. The lowest BCUT2D eigenvalue weighted by atomic mass is 9.98. The van der Waals surface area contributed by atoms with E-state index in [9.17, 15) is 14.0 Å². The first-order chi connectivity index (χ1) is 17.0. The van der Waals surface area contributed by atoms with Gasteiger partial charge in [-0.15, -0.1) is 0 Å². The summed E-state index contributed by atoms with van der Waals surface area (Å²) in [6.45, 7) is 0.649. The smallest absolute Gasteiger partial charge is 0.262 e. The van der Waals surface area contributed by atoms with Crippen molar-refractivity contribution in [2.45, 2.75) is 38.1 Å². The van der Waals surface area contributed by atoms with Crippen molar-refractivity contribution in [2.24, 2.45) is 11.0 Å². The average molecular weight is 482 g/mol. The molecular weight excluding hydrogens is 449 g/mol. The summed E-state index contributed by atoms with van der Waals surface area (Å²) in [5.41, 5.74) is 2.37. The molecule has 0 radical (unpaired) electrons. The van der Waals surface area contributed by atoms with Crippen LogP contribution in [0.3, 0.4) is 0 Å². The highest BCUT2D eigenvalue weighted by Gasteiger charge is 2.35.